The van der Waals surface area contributed by atoms with Crippen LogP contribution in [-0.2, 0) is 12.4 Å². The average Bonchev–Trinajstić information content (AvgIpc) is 2.39. The largest absolute Gasteiger partial charge is 0.417 e. The summed E-state index contributed by atoms with van der Waals surface area (Å²) in [6.07, 6.45) is -8.29. The first kappa shape index (κ1) is 17.8. The lowest BCUT2D eigenvalue weighted by molar-refractivity contribution is -0.139. The second-order valence-electron chi connectivity index (χ2n) is 4.27. The molecule has 0 saturated carbocycles. The fourth-order valence-electron chi connectivity index (χ4n) is 1.65. The fraction of sp³-hybridized carbons (Fsp3) is 0.167. The molecule has 0 aliphatic carbocycles. The number of hydrogen-bond donors (Lipinski definition) is 0. The summed E-state index contributed by atoms with van der Waals surface area (Å²) < 4.78 is 75.8. The van der Waals surface area contributed by atoms with Crippen LogP contribution >= 0.6 is 27.5 Å². The van der Waals surface area contributed by atoms with Crippen LogP contribution in [0.3, 0.4) is 0 Å². The molecule has 0 aromatic carbocycles. The molecular weight excluding hydrogens is 417 g/mol. The third-order valence-electron chi connectivity index (χ3n) is 2.69. The number of hydrogen-bond acceptors (Lipinski definition) is 2. The number of alkyl halides is 6. The van der Waals surface area contributed by atoms with Crippen LogP contribution in [0.5, 0.6) is 0 Å². The van der Waals surface area contributed by atoms with E-state index in [9.17, 15) is 31.1 Å². The molecule has 23 heavy (non-hydrogen) atoms. The van der Waals surface area contributed by atoms with Gasteiger partial charge in [0.05, 0.1) is 16.1 Å². The van der Waals surface area contributed by atoms with Gasteiger partial charge in [0.1, 0.15) is 0 Å². The Morgan fingerprint density at radius 1 is 1.09 bits per heavy atom. The lowest BCUT2D eigenvalue weighted by atomic mass is 10.2. The minimum atomic E-state index is -4.77. The molecule has 3 nitrogen and oxygen atoms in total. The van der Waals surface area contributed by atoms with Crippen molar-refractivity contribution in [3.63, 3.8) is 0 Å². The molecule has 0 N–H and O–H groups in total. The highest BCUT2D eigenvalue weighted by Gasteiger charge is 2.34. The minimum Gasteiger partial charge on any atom is -0.269 e. The molecule has 0 bridgehead atoms. The van der Waals surface area contributed by atoms with Gasteiger partial charge in [-0.15, -0.1) is 0 Å². The first-order valence-electron chi connectivity index (χ1n) is 5.64. The van der Waals surface area contributed by atoms with Gasteiger partial charge in [0.25, 0.3) is 5.56 Å². The Morgan fingerprint density at radius 3 is 2.17 bits per heavy atom. The standard InChI is InChI=1S/C12H4BrClF6N2O/c13-7-4-22(9(23)2-6(7)12(18,19)20)10-8(14)1-5(3-21-10)11(15,16)17/h1-4H. The van der Waals surface area contributed by atoms with Gasteiger partial charge in [0, 0.05) is 22.9 Å². The van der Waals surface area contributed by atoms with E-state index in [0.29, 0.717) is 22.9 Å². The van der Waals surface area contributed by atoms with E-state index in [2.05, 4.69) is 20.9 Å². The zero-order valence-electron chi connectivity index (χ0n) is 10.6. The van der Waals surface area contributed by atoms with Gasteiger partial charge >= 0.3 is 12.4 Å². The van der Waals surface area contributed by atoms with E-state index in [1.54, 1.807) is 0 Å². The van der Waals surface area contributed by atoms with E-state index in [1.165, 1.54) is 0 Å². The molecule has 11 heteroatoms. The van der Waals surface area contributed by atoms with Gasteiger partial charge in [-0.1, -0.05) is 11.6 Å². The number of halogens is 8. The summed E-state index contributed by atoms with van der Waals surface area (Å²) in [6, 6.07) is 0.821. The van der Waals surface area contributed by atoms with E-state index in [4.69, 9.17) is 11.6 Å². The summed E-state index contributed by atoms with van der Waals surface area (Å²) in [4.78, 5) is 15.2. The van der Waals surface area contributed by atoms with Crippen LogP contribution in [0.4, 0.5) is 26.3 Å². The first-order chi connectivity index (χ1) is 10.4. The molecule has 0 spiro atoms. The Morgan fingerprint density at radius 2 is 1.70 bits per heavy atom. The molecule has 0 radical (unpaired) electrons. The van der Waals surface area contributed by atoms with E-state index >= 15 is 0 Å². The summed E-state index contributed by atoms with van der Waals surface area (Å²) in [5, 5.41) is -0.534. The van der Waals surface area contributed by atoms with Crippen LogP contribution in [0.25, 0.3) is 5.82 Å². The molecule has 2 heterocycles. The van der Waals surface area contributed by atoms with Crippen molar-refractivity contribution >= 4 is 27.5 Å². The van der Waals surface area contributed by atoms with Crippen LogP contribution in [-0.4, -0.2) is 9.55 Å². The normalized spacial score (nSPS) is 12.5. The van der Waals surface area contributed by atoms with Gasteiger partial charge < -0.3 is 0 Å². The number of pyridine rings is 2. The Balaban J connectivity index is 2.60. The molecular formula is C12H4BrClF6N2O. The molecule has 2 rings (SSSR count). The second kappa shape index (κ2) is 5.82. The van der Waals surface area contributed by atoms with Gasteiger partial charge in [-0.25, -0.2) is 4.98 Å². The maximum atomic E-state index is 12.7. The number of aromatic nitrogens is 2. The summed E-state index contributed by atoms with van der Waals surface area (Å²) in [6.45, 7) is 0. The molecule has 0 aliphatic heterocycles. The van der Waals surface area contributed by atoms with E-state index in [-0.39, 0.29) is 0 Å². The van der Waals surface area contributed by atoms with E-state index in [0.717, 1.165) is 6.20 Å². The molecule has 2 aromatic rings. The Bertz CT molecular complexity index is 815. The molecule has 124 valence electrons. The minimum absolute atomic E-state index is 0.291. The molecule has 0 saturated heterocycles. The molecule has 0 amide bonds. The zero-order valence-corrected chi connectivity index (χ0v) is 13.0. The SMILES string of the molecule is O=c1cc(C(F)(F)F)c(Br)cn1-c1ncc(C(F)(F)F)cc1Cl. The predicted molar refractivity (Wildman–Crippen MR) is 72.5 cm³/mol. The third kappa shape index (κ3) is 3.69. The fourth-order valence-corrected chi connectivity index (χ4v) is 2.46. The lowest BCUT2D eigenvalue weighted by Crippen LogP contribution is -2.22. The van der Waals surface area contributed by atoms with Crippen LogP contribution in [0.15, 0.2) is 33.8 Å². The number of nitrogens with zero attached hydrogens (tertiary/aromatic N) is 2. The van der Waals surface area contributed by atoms with Crippen molar-refractivity contribution in [2.45, 2.75) is 12.4 Å². The monoisotopic (exact) mass is 420 g/mol. The van der Waals surface area contributed by atoms with Crippen molar-refractivity contribution < 1.29 is 26.3 Å². The smallest absolute Gasteiger partial charge is 0.269 e. The first-order valence-corrected chi connectivity index (χ1v) is 6.81. The average molecular weight is 422 g/mol. The van der Waals surface area contributed by atoms with E-state index in [1.807, 2.05) is 0 Å². The molecule has 0 atom stereocenters. The summed E-state index contributed by atoms with van der Waals surface area (Å²) in [5.41, 5.74) is -3.51. The van der Waals surface area contributed by atoms with Crippen LogP contribution in [0.2, 0.25) is 5.02 Å². The summed E-state index contributed by atoms with van der Waals surface area (Å²) in [7, 11) is 0. The summed E-state index contributed by atoms with van der Waals surface area (Å²) >= 11 is 8.32. The summed E-state index contributed by atoms with van der Waals surface area (Å²) in [5.74, 6) is -0.418. The predicted octanol–water partition coefficient (Wildman–Crippen LogP) is 4.69. The Hall–Kier alpha value is -1.55. The molecule has 0 aliphatic rings. The van der Waals surface area contributed by atoms with Gasteiger partial charge in [0.2, 0.25) is 0 Å². The maximum absolute atomic E-state index is 12.7. The Labute approximate surface area is 137 Å². The van der Waals surface area contributed by atoms with Crippen LogP contribution in [0.1, 0.15) is 11.1 Å². The van der Waals surface area contributed by atoms with Crippen molar-refractivity contribution in [1.29, 1.82) is 0 Å². The van der Waals surface area contributed by atoms with E-state index < -0.39 is 44.4 Å². The molecule has 2 aromatic heterocycles. The maximum Gasteiger partial charge on any atom is 0.417 e. The highest BCUT2D eigenvalue weighted by molar-refractivity contribution is 9.10. The topological polar surface area (TPSA) is 34.9 Å². The van der Waals surface area contributed by atoms with Crippen molar-refractivity contribution in [2.75, 3.05) is 0 Å². The molecule has 0 unspecified atom stereocenters. The van der Waals surface area contributed by atoms with Gasteiger partial charge in [-0.3, -0.25) is 9.36 Å². The Kier molecular flexibility index (Phi) is 4.51. The highest BCUT2D eigenvalue weighted by atomic mass is 79.9. The zero-order chi connectivity index (χ0) is 17.6. The van der Waals surface area contributed by atoms with Crippen molar-refractivity contribution in [2.24, 2.45) is 0 Å². The van der Waals surface area contributed by atoms with Gasteiger partial charge in [-0.05, 0) is 22.0 Å². The number of rotatable bonds is 1. The quantitative estimate of drug-likeness (QED) is 0.627. The van der Waals surface area contributed by atoms with Crippen LogP contribution in [0, 0.1) is 0 Å². The highest BCUT2D eigenvalue weighted by Crippen LogP contribution is 2.35. The van der Waals surface area contributed by atoms with Crippen molar-refractivity contribution in [3.05, 3.63) is 55.5 Å². The van der Waals surface area contributed by atoms with Gasteiger partial charge in [-0.2, -0.15) is 26.3 Å². The lowest BCUT2D eigenvalue weighted by Gasteiger charge is -2.13. The van der Waals surface area contributed by atoms with Crippen LogP contribution < -0.4 is 5.56 Å². The van der Waals surface area contributed by atoms with Gasteiger partial charge in [0.15, 0.2) is 5.82 Å². The third-order valence-corrected chi connectivity index (χ3v) is 3.60. The van der Waals surface area contributed by atoms with Crippen molar-refractivity contribution in [1.82, 2.24) is 9.55 Å². The molecule has 0 fully saturated rings. The van der Waals surface area contributed by atoms with Crippen molar-refractivity contribution in [3.8, 4) is 5.82 Å². The second-order valence-corrected chi connectivity index (χ2v) is 5.53.